The van der Waals surface area contributed by atoms with Crippen molar-refractivity contribution in [3.05, 3.63) is 29.3 Å². The minimum absolute atomic E-state index is 0.458. The Hall–Kier alpha value is -0.250. The van der Waals surface area contributed by atoms with E-state index in [2.05, 4.69) is 47.7 Å². The molecule has 2 heteroatoms. The summed E-state index contributed by atoms with van der Waals surface area (Å²) in [7, 11) is 0. The third-order valence-corrected chi connectivity index (χ3v) is 5.26. The van der Waals surface area contributed by atoms with Crippen LogP contribution in [0.3, 0.4) is 0 Å². The van der Waals surface area contributed by atoms with Crippen molar-refractivity contribution < 1.29 is 4.74 Å². The highest BCUT2D eigenvalue weighted by Crippen LogP contribution is 2.47. The summed E-state index contributed by atoms with van der Waals surface area (Å²) in [5.41, 5.74) is 2.80. The van der Waals surface area contributed by atoms with E-state index in [-0.39, 0.29) is 0 Å². The highest BCUT2D eigenvalue weighted by Gasteiger charge is 2.39. The lowest BCUT2D eigenvalue weighted by Gasteiger charge is -2.41. The number of hydrogen-bond donors (Lipinski definition) is 0. The van der Waals surface area contributed by atoms with Crippen LogP contribution in [0.1, 0.15) is 36.3 Å². The Balaban J connectivity index is 2.09. The molecule has 1 aliphatic heterocycles. The van der Waals surface area contributed by atoms with Crippen molar-refractivity contribution in [2.75, 3.05) is 0 Å². The van der Waals surface area contributed by atoms with Crippen LogP contribution in [0.25, 0.3) is 0 Å². The maximum absolute atomic E-state index is 6.06. The van der Waals surface area contributed by atoms with Gasteiger partial charge in [-0.3, -0.25) is 0 Å². The summed E-state index contributed by atoms with van der Waals surface area (Å²) in [6.07, 6.45) is 4.35. The number of aryl methyl sites for hydroxylation is 1. The van der Waals surface area contributed by atoms with Gasteiger partial charge < -0.3 is 4.74 Å². The standard InChI is InChI=1S/C13H15IO/c1-8-5-6-11-10(7-8)9-3-2-4-12(15-11)13(9)14/h5-7,9,12-13H,2-4H2,1H3. The minimum Gasteiger partial charge on any atom is -0.489 e. The molecule has 0 spiro atoms. The van der Waals surface area contributed by atoms with E-state index < -0.39 is 0 Å². The molecule has 15 heavy (non-hydrogen) atoms. The fraction of sp³-hybridized carbons (Fsp3) is 0.538. The van der Waals surface area contributed by atoms with Crippen LogP contribution in [-0.2, 0) is 0 Å². The third kappa shape index (κ3) is 1.57. The van der Waals surface area contributed by atoms with E-state index in [1.54, 1.807) is 0 Å². The number of rotatable bonds is 0. The van der Waals surface area contributed by atoms with Gasteiger partial charge in [0.2, 0.25) is 0 Å². The Morgan fingerprint density at radius 2 is 2.20 bits per heavy atom. The zero-order chi connectivity index (χ0) is 10.4. The van der Waals surface area contributed by atoms with Crippen molar-refractivity contribution in [3.8, 4) is 5.75 Å². The molecule has 80 valence electrons. The normalized spacial score (nSPS) is 33.1. The molecule has 0 saturated heterocycles. The lowest BCUT2D eigenvalue weighted by Crippen LogP contribution is -2.39. The lowest BCUT2D eigenvalue weighted by molar-refractivity contribution is 0.132. The Labute approximate surface area is 104 Å². The number of halogens is 1. The van der Waals surface area contributed by atoms with E-state index >= 15 is 0 Å². The van der Waals surface area contributed by atoms with E-state index in [4.69, 9.17) is 4.74 Å². The predicted molar refractivity (Wildman–Crippen MR) is 70.0 cm³/mol. The largest absolute Gasteiger partial charge is 0.489 e. The number of fused-ring (bicyclic) bond motifs is 4. The molecule has 1 aromatic rings. The van der Waals surface area contributed by atoms with Crippen molar-refractivity contribution >= 4 is 22.6 Å². The second-order valence-electron chi connectivity index (χ2n) is 4.68. The van der Waals surface area contributed by atoms with E-state index in [0.717, 1.165) is 11.7 Å². The van der Waals surface area contributed by atoms with Crippen LogP contribution in [0.4, 0.5) is 0 Å². The Morgan fingerprint density at radius 3 is 3.07 bits per heavy atom. The molecule has 3 rings (SSSR count). The molecule has 1 fully saturated rings. The molecule has 1 heterocycles. The second-order valence-corrected chi connectivity index (χ2v) is 6.12. The SMILES string of the molecule is Cc1ccc2c(c1)C1CCCC(O2)C1I. The Kier molecular flexibility index (Phi) is 2.42. The monoisotopic (exact) mass is 314 g/mol. The first-order chi connectivity index (χ1) is 7.25. The first-order valence-corrected chi connectivity index (χ1v) is 6.91. The van der Waals surface area contributed by atoms with E-state index in [1.165, 1.54) is 30.4 Å². The number of hydrogen-bond acceptors (Lipinski definition) is 1. The van der Waals surface area contributed by atoms with Crippen molar-refractivity contribution in [1.82, 2.24) is 0 Å². The van der Waals surface area contributed by atoms with Gasteiger partial charge in [-0.2, -0.15) is 0 Å². The number of alkyl halides is 1. The summed E-state index contributed by atoms with van der Waals surface area (Å²) in [4.78, 5) is 0. The summed E-state index contributed by atoms with van der Waals surface area (Å²) in [5, 5.41) is 0. The molecule has 1 nitrogen and oxygen atoms in total. The van der Waals surface area contributed by atoms with Gasteiger partial charge in [0.15, 0.2) is 0 Å². The van der Waals surface area contributed by atoms with Crippen LogP contribution in [0, 0.1) is 6.92 Å². The average Bonchev–Trinajstić information content (AvgIpc) is 2.20. The van der Waals surface area contributed by atoms with Crippen molar-refractivity contribution in [2.24, 2.45) is 0 Å². The molecule has 3 unspecified atom stereocenters. The van der Waals surface area contributed by atoms with E-state index in [0.29, 0.717) is 10.0 Å². The van der Waals surface area contributed by atoms with Gasteiger partial charge in [0.1, 0.15) is 11.9 Å². The van der Waals surface area contributed by atoms with Crippen molar-refractivity contribution in [2.45, 2.75) is 42.1 Å². The topological polar surface area (TPSA) is 9.23 Å². The van der Waals surface area contributed by atoms with Gasteiger partial charge >= 0.3 is 0 Å². The third-order valence-electron chi connectivity index (χ3n) is 3.59. The molecular weight excluding hydrogens is 299 g/mol. The van der Waals surface area contributed by atoms with Crippen LogP contribution in [0.15, 0.2) is 18.2 Å². The Bertz CT molecular complexity index is 388. The predicted octanol–water partition coefficient (Wildman–Crippen LogP) is 3.83. The van der Waals surface area contributed by atoms with Gasteiger partial charge in [-0.1, -0.05) is 40.3 Å². The molecule has 2 bridgehead atoms. The van der Waals surface area contributed by atoms with Gasteiger partial charge in [0.05, 0.1) is 3.92 Å². The molecular formula is C13H15IO. The zero-order valence-electron chi connectivity index (χ0n) is 8.87. The van der Waals surface area contributed by atoms with Gasteiger partial charge in [-0.25, -0.2) is 0 Å². The van der Waals surface area contributed by atoms with Gasteiger partial charge in [-0.05, 0) is 37.8 Å². The lowest BCUT2D eigenvalue weighted by atomic mass is 9.79. The fourth-order valence-corrected chi connectivity index (χ4v) is 4.05. The van der Waals surface area contributed by atoms with Crippen molar-refractivity contribution in [3.63, 3.8) is 0 Å². The first kappa shape index (κ1) is 9.94. The maximum Gasteiger partial charge on any atom is 0.123 e. The Morgan fingerprint density at radius 1 is 1.33 bits per heavy atom. The molecule has 1 aromatic carbocycles. The zero-order valence-corrected chi connectivity index (χ0v) is 11.0. The highest BCUT2D eigenvalue weighted by molar-refractivity contribution is 14.1. The van der Waals surface area contributed by atoms with Gasteiger partial charge in [0.25, 0.3) is 0 Å². The van der Waals surface area contributed by atoms with Crippen LogP contribution < -0.4 is 4.74 Å². The molecule has 0 radical (unpaired) electrons. The summed E-state index contributed by atoms with van der Waals surface area (Å²) in [5.74, 6) is 1.87. The van der Waals surface area contributed by atoms with E-state index in [9.17, 15) is 0 Å². The molecule has 0 N–H and O–H groups in total. The van der Waals surface area contributed by atoms with Crippen molar-refractivity contribution in [1.29, 1.82) is 0 Å². The molecule has 1 aliphatic carbocycles. The molecule has 0 aromatic heterocycles. The summed E-state index contributed by atoms with van der Waals surface area (Å²) in [6.45, 7) is 2.16. The summed E-state index contributed by atoms with van der Waals surface area (Å²) < 4.78 is 6.73. The van der Waals surface area contributed by atoms with Crippen LogP contribution in [0.5, 0.6) is 5.75 Å². The number of benzene rings is 1. The van der Waals surface area contributed by atoms with Crippen LogP contribution >= 0.6 is 22.6 Å². The highest BCUT2D eigenvalue weighted by atomic mass is 127. The maximum atomic E-state index is 6.06. The minimum atomic E-state index is 0.458. The average molecular weight is 314 g/mol. The fourth-order valence-electron chi connectivity index (χ4n) is 2.80. The van der Waals surface area contributed by atoms with Gasteiger partial charge in [-0.15, -0.1) is 0 Å². The summed E-state index contributed by atoms with van der Waals surface area (Å²) in [6, 6.07) is 6.62. The summed E-state index contributed by atoms with van der Waals surface area (Å²) >= 11 is 2.58. The molecule has 3 atom stereocenters. The smallest absolute Gasteiger partial charge is 0.123 e. The molecule has 0 amide bonds. The van der Waals surface area contributed by atoms with E-state index in [1.807, 2.05) is 0 Å². The molecule has 1 saturated carbocycles. The first-order valence-electron chi connectivity index (χ1n) is 5.67. The quantitative estimate of drug-likeness (QED) is 0.522. The molecule has 2 aliphatic rings. The van der Waals surface area contributed by atoms with Crippen LogP contribution in [0.2, 0.25) is 0 Å². The van der Waals surface area contributed by atoms with Gasteiger partial charge in [0, 0.05) is 5.92 Å². The van der Waals surface area contributed by atoms with Crippen LogP contribution in [-0.4, -0.2) is 10.0 Å². The second kappa shape index (κ2) is 3.65. The number of ether oxygens (including phenoxy) is 1.